The second-order valence-electron chi connectivity index (χ2n) is 4.52. The molecule has 1 atom stereocenters. The third-order valence-electron chi connectivity index (χ3n) is 3.30. The van der Waals surface area contributed by atoms with Crippen LogP contribution in [0.15, 0.2) is 24.3 Å². The molecule has 2 rings (SSSR count). The van der Waals surface area contributed by atoms with Gasteiger partial charge in [-0.15, -0.1) is 0 Å². The van der Waals surface area contributed by atoms with Crippen LogP contribution >= 0.6 is 0 Å². The molecule has 0 amide bonds. The van der Waals surface area contributed by atoms with Crippen molar-refractivity contribution in [1.82, 2.24) is 9.88 Å². The molecule has 3 nitrogen and oxygen atoms in total. The standard InChI is InChI=1S/C14H20N2O/c1-4-16-12(7-10(2)15-3)8-11-9-13(17)5-6-14(11)16/h5-6,8-10,15,17H,4,7H2,1-3H3. The molecule has 0 bridgehead atoms. The Balaban J connectivity index is 2.48. The Morgan fingerprint density at radius 3 is 2.76 bits per heavy atom. The van der Waals surface area contributed by atoms with E-state index >= 15 is 0 Å². The molecule has 17 heavy (non-hydrogen) atoms. The SMILES string of the molecule is CCn1c(CC(C)NC)cc2cc(O)ccc21. The van der Waals surface area contributed by atoms with Gasteiger partial charge < -0.3 is 15.0 Å². The largest absolute Gasteiger partial charge is 0.508 e. The molecule has 2 N–H and O–H groups in total. The fraction of sp³-hybridized carbons (Fsp3) is 0.429. The lowest BCUT2D eigenvalue weighted by Crippen LogP contribution is -2.24. The number of nitrogens with zero attached hydrogens (tertiary/aromatic N) is 1. The zero-order chi connectivity index (χ0) is 12.4. The fourth-order valence-electron chi connectivity index (χ4n) is 2.27. The fourth-order valence-corrected chi connectivity index (χ4v) is 2.27. The van der Waals surface area contributed by atoms with E-state index in [2.05, 4.69) is 29.8 Å². The first-order chi connectivity index (χ1) is 8.15. The number of rotatable bonds is 4. The van der Waals surface area contributed by atoms with E-state index in [1.165, 1.54) is 11.2 Å². The van der Waals surface area contributed by atoms with Crippen molar-refractivity contribution in [3.05, 3.63) is 30.0 Å². The van der Waals surface area contributed by atoms with Crippen molar-refractivity contribution >= 4 is 10.9 Å². The van der Waals surface area contributed by atoms with E-state index in [0.29, 0.717) is 11.8 Å². The normalized spacial score (nSPS) is 13.1. The number of aromatic nitrogens is 1. The first-order valence-corrected chi connectivity index (χ1v) is 6.14. The van der Waals surface area contributed by atoms with Crippen molar-refractivity contribution in [3.8, 4) is 5.75 Å². The molecule has 0 spiro atoms. The van der Waals surface area contributed by atoms with E-state index in [0.717, 1.165) is 18.4 Å². The minimum absolute atomic E-state index is 0.332. The number of likely N-dealkylation sites (N-methyl/N-ethyl adjacent to an activating group) is 1. The molecule has 0 fully saturated rings. The Morgan fingerprint density at radius 1 is 1.35 bits per heavy atom. The van der Waals surface area contributed by atoms with Crippen LogP contribution in [-0.4, -0.2) is 22.8 Å². The van der Waals surface area contributed by atoms with Crippen LogP contribution in [-0.2, 0) is 13.0 Å². The van der Waals surface area contributed by atoms with Crippen molar-refractivity contribution in [2.75, 3.05) is 7.05 Å². The molecule has 0 aliphatic carbocycles. The molecular formula is C14H20N2O. The molecule has 0 aliphatic rings. The average Bonchev–Trinajstić information content (AvgIpc) is 2.64. The van der Waals surface area contributed by atoms with Crippen LogP contribution in [0.25, 0.3) is 10.9 Å². The van der Waals surface area contributed by atoms with E-state index < -0.39 is 0 Å². The summed E-state index contributed by atoms with van der Waals surface area (Å²) in [6.45, 7) is 5.29. The van der Waals surface area contributed by atoms with Gasteiger partial charge in [-0.3, -0.25) is 0 Å². The van der Waals surface area contributed by atoms with Gasteiger partial charge in [-0.25, -0.2) is 0 Å². The van der Waals surface area contributed by atoms with E-state index in [1.54, 1.807) is 6.07 Å². The van der Waals surface area contributed by atoms with Gasteiger partial charge in [-0.05, 0) is 45.2 Å². The summed E-state index contributed by atoms with van der Waals surface area (Å²) in [5, 5.41) is 13.9. The number of hydrogen-bond donors (Lipinski definition) is 2. The third-order valence-corrected chi connectivity index (χ3v) is 3.30. The molecule has 1 aromatic heterocycles. The third kappa shape index (κ3) is 2.29. The van der Waals surface area contributed by atoms with Crippen molar-refractivity contribution in [1.29, 1.82) is 0 Å². The first kappa shape index (κ1) is 12.0. The van der Waals surface area contributed by atoms with Crippen molar-refractivity contribution in [2.24, 2.45) is 0 Å². The summed E-state index contributed by atoms with van der Waals surface area (Å²) in [6, 6.07) is 8.20. The summed E-state index contributed by atoms with van der Waals surface area (Å²) < 4.78 is 2.31. The minimum atomic E-state index is 0.332. The van der Waals surface area contributed by atoms with Gasteiger partial charge in [0.25, 0.3) is 0 Å². The summed E-state index contributed by atoms with van der Waals surface area (Å²) in [7, 11) is 1.98. The summed E-state index contributed by atoms with van der Waals surface area (Å²) in [6.07, 6.45) is 1.000. The maximum atomic E-state index is 9.51. The van der Waals surface area contributed by atoms with Gasteiger partial charge in [-0.1, -0.05) is 0 Å². The number of fused-ring (bicyclic) bond motifs is 1. The van der Waals surface area contributed by atoms with Crippen molar-refractivity contribution < 1.29 is 5.11 Å². The van der Waals surface area contributed by atoms with Crippen LogP contribution in [0.5, 0.6) is 5.75 Å². The highest BCUT2D eigenvalue weighted by atomic mass is 16.3. The maximum Gasteiger partial charge on any atom is 0.116 e. The maximum absolute atomic E-state index is 9.51. The van der Waals surface area contributed by atoms with Crippen LogP contribution in [0, 0.1) is 0 Å². The Hall–Kier alpha value is -1.48. The van der Waals surface area contributed by atoms with Gasteiger partial charge >= 0.3 is 0 Å². The number of nitrogens with one attached hydrogen (secondary N) is 1. The highest BCUT2D eigenvalue weighted by Gasteiger charge is 2.10. The number of benzene rings is 1. The summed E-state index contributed by atoms with van der Waals surface area (Å²) >= 11 is 0. The number of aromatic hydroxyl groups is 1. The predicted octanol–water partition coefficient (Wildman–Crippen LogP) is 2.52. The predicted molar refractivity (Wildman–Crippen MR) is 71.5 cm³/mol. The molecule has 92 valence electrons. The zero-order valence-electron chi connectivity index (χ0n) is 10.7. The lowest BCUT2D eigenvalue weighted by atomic mass is 10.2. The topological polar surface area (TPSA) is 37.2 Å². The van der Waals surface area contributed by atoms with Gasteiger partial charge in [0.2, 0.25) is 0 Å². The smallest absolute Gasteiger partial charge is 0.116 e. The Bertz CT molecular complexity index is 516. The quantitative estimate of drug-likeness (QED) is 0.850. The van der Waals surface area contributed by atoms with Gasteiger partial charge in [0.15, 0.2) is 0 Å². The number of phenols is 1. The van der Waals surface area contributed by atoms with Crippen LogP contribution < -0.4 is 5.32 Å². The highest BCUT2D eigenvalue weighted by molar-refractivity contribution is 5.82. The molecule has 0 saturated carbocycles. The summed E-state index contributed by atoms with van der Waals surface area (Å²) in [5.74, 6) is 0.332. The number of aryl methyl sites for hydroxylation is 1. The molecule has 1 heterocycles. The molecule has 1 unspecified atom stereocenters. The highest BCUT2D eigenvalue weighted by Crippen LogP contribution is 2.24. The number of phenolic OH excluding ortho intramolecular Hbond substituents is 1. The van der Waals surface area contributed by atoms with E-state index in [1.807, 2.05) is 19.2 Å². The van der Waals surface area contributed by atoms with Crippen LogP contribution in [0.3, 0.4) is 0 Å². The first-order valence-electron chi connectivity index (χ1n) is 6.14. The van der Waals surface area contributed by atoms with Crippen LogP contribution in [0.4, 0.5) is 0 Å². The molecule has 2 aromatic rings. The Kier molecular flexibility index (Phi) is 3.38. The molecule has 1 aromatic carbocycles. The van der Waals surface area contributed by atoms with E-state index in [9.17, 15) is 5.11 Å². The zero-order valence-corrected chi connectivity index (χ0v) is 10.7. The summed E-state index contributed by atoms with van der Waals surface area (Å²) in [4.78, 5) is 0. The molecule has 3 heteroatoms. The second-order valence-corrected chi connectivity index (χ2v) is 4.52. The van der Waals surface area contributed by atoms with Gasteiger partial charge in [0, 0.05) is 35.6 Å². The van der Waals surface area contributed by atoms with Crippen molar-refractivity contribution in [2.45, 2.75) is 32.9 Å². The average molecular weight is 232 g/mol. The van der Waals surface area contributed by atoms with E-state index in [-0.39, 0.29) is 0 Å². The van der Waals surface area contributed by atoms with Gasteiger partial charge in [0.05, 0.1) is 0 Å². The molecule has 0 aliphatic heterocycles. The van der Waals surface area contributed by atoms with Crippen LogP contribution in [0.2, 0.25) is 0 Å². The monoisotopic (exact) mass is 232 g/mol. The Morgan fingerprint density at radius 2 is 2.12 bits per heavy atom. The Labute approximate surface area is 102 Å². The second kappa shape index (κ2) is 4.80. The molecular weight excluding hydrogens is 212 g/mol. The van der Waals surface area contributed by atoms with Crippen molar-refractivity contribution in [3.63, 3.8) is 0 Å². The van der Waals surface area contributed by atoms with Crippen LogP contribution in [0.1, 0.15) is 19.5 Å². The number of hydrogen-bond acceptors (Lipinski definition) is 2. The van der Waals surface area contributed by atoms with Gasteiger partial charge in [-0.2, -0.15) is 0 Å². The summed E-state index contributed by atoms with van der Waals surface area (Å²) in [5.41, 5.74) is 2.51. The molecule has 0 radical (unpaired) electrons. The van der Waals surface area contributed by atoms with Gasteiger partial charge in [0.1, 0.15) is 5.75 Å². The lowest BCUT2D eigenvalue weighted by Gasteiger charge is -2.12. The minimum Gasteiger partial charge on any atom is -0.508 e. The lowest BCUT2D eigenvalue weighted by molar-refractivity contribution is 0.476. The molecule has 0 saturated heterocycles. The van der Waals surface area contributed by atoms with E-state index in [4.69, 9.17) is 0 Å².